The number of carbonyl (C=O) groups excluding carboxylic acids is 4. The molecule has 0 radical (unpaired) electrons. The molecule has 0 bridgehead atoms. The molecule has 4 amide bonds. The lowest BCUT2D eigenvalue weighted by molar-refractivity contribution is 0.0874. The van der Waals surface area contributed by atoms with Gasteiger partial charge in [-0.15, -0.1) is 0 Å². The Morgan fingerprint density at radius 3 is 1.86 bits per heavy atom. The highest BCUT2D eigenvalue weighted by molar-refractivity contribution is 6.34. The summed E-state index contributed by atoms with van der Waals surface area (Å²) in [6.45, 7) is 0. The smallest absolute Gasteiger partial charge is 0.266 e. The number of imide groups is 2. The zero-order valence-electron chi connectivity index (χ0n) is 14.4. The summed E-state index contributed by atoms with van der Waals surface area (Å²) in [7, 11) is 0. The molecule has 6 nitrogen and oxygen atoms in total. The molecule has 2 heterocycles. The second-order valence-electron chi connectivity index (χ2n) is 6.59. The number of para-hydroxylation sites is 1. The van der Waals surface area contributed by atoms with Crippen molar-refractivity contribution in [3.8, 4) is 11.1 Å². The first-order valence-electron chi connectivity index (χ1n) is 8.62. The second-order valence-corrected chi connectivity index (χ2v) is 6.59. The maximum Gasteiger partial charge on any atom is 0.266 e. The van der Waals surface area contributed by atoms with E-state index in [0.717, 1.165) is 4.90 Å². The summed E-state index contributed by atoms with van der Waals surface area (Å²) in [4.78, 5) is 50.3. The highest BCUT2D eigenvalue weighted by atomic mass is 16.2. The van der Waals surface area contributed by atoms with Gasteiger partial charge in [0, 0.05) is 0 Å². The molecule has 0 fully saturated rings. The van der Waals surface area contributed by atoms with Crippen LogP contribution in [-0.4, -0.2) is 23.6 Å². The van der Waals surface area contributed by atoms with Crippen LogP contribution < -0.4 is 10.2 Å². The van der Waals surface area contributed by atoms with Crippen LogP contribution in [0.25, 0.3) is 11.1 Å². The Hall–Kier alpha value is -4.06. The lowest BCUT2D eigenvalue weighted by Crippen LogP contribution is -2.29. The molecule has 6 heteroatoms. The van der Waals surface area contributed by atoms with Crippen molar-refractivity contribution in [2.75, 3.05) is 4.90 Å². The van der Waals surface area contributed by atoms with E-state index in [4.69, 9.17) is 0 Å². The Kier molecular flexibility index (Phi) is 3.30. The molecule has 0 aromatic heterocycles. The Labute approximate surface area is 159 Å². The fourth-order valence-corrected chi connectivity index (χ4v) is 3.58. The molecule has 0 saturated heterocycles. The van der Waals surface area contributed by atoms with E-state index in [1.54, 1.807) is 60.7 Å². The van der Waals surface area contributed by atoms with Crippen molar-refractivity contribution in [2.45, 2.75) is 0 Å². The summed E-state index contributed by atoms with van der Waals surface area (Å²) in [5, 5.41) is 2.26. The highest BCUT2D eigenvalue weighted by Gasteiger charge is 2.37. The van der Waals surface area contributed by atoms with Gasteiger partial charge in [-0.05, 0) is 47.5 Å². The quantitative estimate of drug-likeness (QED) is 0.705. The molecule has 0 spiro atoms. The molecule has 0 unspecified atom stereocenters. The molecule has 3 aromatic carbocycles. The van der Waals surface area contributed by atoms with Gasteiger partial charge in [-0.25, -0.2) is 4.90 Å². The number of nitrogens with zero attached hydrogens (tertiary/aromatic N) is 1. The van der Waals surface area contributed by atoms with Gasteiger partial charge in [0.15, 0.2) is 0 Å². The lowest BCUT2D eigenvalue weighted by atomic mass is 9.97. The Morgan fingerprint density at radius 2 is 1.14 bits per heavy atom. The van der Waals surface area contributed by atoms with E-state index in [2.05, 4.69) is 5.32 Å². The monoisotopic (exact) mass is 368 g/mol. The summed E-state index contributed by atoms with van der Waals surface area (Å²) in [5.74, 6) is -1.61. The van der Waals surface area contributed by atoms with Crippen LogP contribution in [-0.2, 0) is 0 Å². The van der Waals surface area contributed by atoms with Crippen LogP contribution in [0.2, 0.25) is 0 Å². The molecule has 134 valence electrons. The van der Waals surface area contributed by atoms with Crippen LogP contribution in [0.3, 0.4) is 0 Å². The molecule has 28 heavy (non-hydrogen) atoms. The number of amides is 4. The third-order valence-electron chi connectivity index (χ3n) is 4.97. The van der Waals surface area contributed by atoms with E-state index >= 15 is 0 Å². The topological polar surface area (TPSA) is 83.6 Å². The maximum absolute atomic E-state index is 12.9. The van der Waals surface area contributed by atoms with Gasteiger partial charge in [0.1, 0.15) is 0 Å². The van der Waals surface area contributed by atoms with Gasteiger partial charge < -0.3 is 0 Å². The van der Waals surface area contributed by atoms with Crippen LogP contribution in [0.15, 0.2) is 66.7 Å². The van der Waals surface area contributed by atoms with Crippen LogP contribution >= 0.6 is 0 Å². The van der Waals surface area contributed by atoms with Crippen molar-refractivity contribution in [1.82, 2.24) is 5.32 Å². The molecular weight excluding hydrogens is 356 g/mol. The first-order valence-corrected chi connectivity index (χ1v) is 8.62. The first-order chi connectivity index (χ1) is 13.5. The average molecular weight is 368 g/mol. The number of benzene rings is 3. The van der Waals surface area contributed by atoms with Gasteiger partial charge in [-0.3, -0.25) is 24.5 Å². The predicted octanol–water partition coefficient (Wildman–Crippen LogP) is 3.04. The number of hydrogen-bond donors (Lipinski definition) is 1. The van der Waals surface area contributed by atoms with Gasteiger partial charge in [-0.1, -0.05) is 30.3 Å². The average Bonchev–Trinajstić information content (AvgIpc) is 3.15. The van der Waals surface area contributed by atoms with Gasteiger partial charge in [0.2, 0.25) is 0 Å². The third-order valence-corrected chi connectivity index (χ3v) is 4.97. The molecular formula is C22H12N2O4. The lowest BCUT2D eigenvalue weighted by Gasteiger charge is -2.13. The largest absolute Gasteiger partial charge is 0.288 e. The summed E-state index contributed by atoms with van der Waals surface area (Å²) in [5.41, 5.74) is 3.17. The fourth-order valence-electron chi connectivity index (χ4n) is 3.58. The van der Waals surface area contributed by atoms with E-state index in [-0.39, 0.29) is 11.8 Å². The van der Waals surface area contributed by atoms with Gasteiger partial charge >= 0.3 is 0 Å². The minimum absolute atomic E-state index is 0.302. The number of hydrogen-bond acceptors (Lipinski definition) is 4. The van der Waals surface area contributed by atoms with E-state index in [0.29, 0.717) is 39.1 Å². The van der Waals surface area contributed by atoms with Crippen molar-refractivity contribution >= 4 is 29.3 Å². The molecule has 0 atom stereocenters. The molecule has 5 rings (SSSR count). The Balaban J connectivity index is 1.57. The summed E-state index contributed by atoms with van der Waals surface area (Å²) in [6.07, 6.45) is 0. The summed E-state index contributed by atoms with van der Waals surface area (Å²) in [6, 6.07) is 18.7. The highest BCUT2D eigenvalue weighted by Crippen LogP contribution is 2.32. The number of anilines is 1. The van der Waals surface area contributed by atoms with Gasteiger partial charge in [0.05, 0.1) is 27.9 Å². The van der Waals surface area contributed by atoms with E-state index < -0.39 is 11.8 Å². The molecule has 2 aliphatic rings. The minimum atomic E-state index is -0.440. The van der Waals surface area contributed by atoms with Crippen molar-refractivity contribution in [2.24, 2.45) is 0 Å². The van der Waals surface area contributed by atoms with Crippen LogP contribution in [0.5, 0.6) is 0 Å². The molecule has 3 aromatic rings. The number of nitrogens with one attached hydrogen (secondary N) is 1. The number of carbonyl (C=O) groups is 4. The molecule has 2 aliphatic heterocycles. The molecule has 0 aliphatic carbocycles. The summed E-state index contributed by atoms with van der Waals surface area (Å²) < 4.78 is 0. The third kappa shape index (κ3) is 2.21. The van der Waals surface area contributed by atoms with Gasteiger partial charge in [0.25, 0.3) is 23.6 Å². The van der Waals surface area contributed by atoms with Crippen molar-refractivity contribution in [1.29, 1.82) is 0 Å². The normalized spacial score (nSPS) is 14.9. The van der Waals surface area contributed by atoms with E-state index in [9.17, 15) is 19.2 Å². The zero-order valence-corrected chi connectivity index (χ0v) is 14.4. The van der Waals surface area contributed by atoms with Crippen molar-refractivity contribution < 1.29 is 19.2 Å². The number of rotatable bonds is 2. The minimum Gasteiger partial charge on any atom is -0.288 e. The molecule has 1 N–H and O–H groups in total. The number of fused-ring (bicyclic) bond motifs is 2. The summed E-state index contributed by atoms with van der Waals surface area (Å²) >= 11 is 0. The van der Waals surface area contributed by atoms with Crippen LogP contribution in [0.4, 0.5) is 5.69 Å². The first kappa shape index (κ1) is 16.1. The SMILES string of the molecule is O=C1NC(=O)c2cc(-c3ccc4c(c3)C(=O)N(c3ccccc3)C4=O)ccc21. The second kappa shape index (κ2) is 5.72. The van der Waals surface area contributed by atoms with Crippen LogP contribution in [0.1, 0.15) is 41.4 Å². The van der Waals surface area contributed by atoms with E-state index in [1.165, 1.54) is 0 Å². The fraction of sp³-hybridized carbons (Fsp3) is 0. The molecule has 0 saturated carbocycles. The Morgan fingerprint density at radius 1 is 0.571 bits per heavy atom. The Bertz CT molecular complexity index is 1210. The maximum atomic E-state index is 12.9. The zero-order chi connectivity index (χ0) is 19.4. The van der Waals surface area contributed by atoms with Crippen molar-refractivity contribution in [3.05, 3.63) is 89.0 Å². The standard InChI is InChI=1S/C22H12N2O4/c25-19-15-8-6-12(10-17(15)20(26)23-19)13-7-9-16-18(11-13)22(28)24(21(16)27)14-4-2-1-3-5-14/h1-11H,(H,23,25,26). The van der Waals surface area contributed by atoms with Crippen molar-refractivity contribution in [3.63, 3.8) is 0 Å². The van der Waals surface area contributed by atoms with E-state index in [1.807, 2.05) is 6.07 Å². The van der Waals surface area contributed by atoms with Crippen LogP contribution in [0, 0.1) is 0 Å². The predicted molar refractivity (Wildman–Crippen MR) is 101 cm³/mol. The van der Waals surface area contributed by atoms with Gasteiger partial charge in [-0.2, -0.15) is 0 Å².